The molecule has 0 radical (unpaired) electrons. The van der Waals surface area contributed by atoms with Gasteiger partial charge in [0, 0.05) is 18.2 Å². The van der Waals surface area contributed by atoms with E-state index in [0.29, 0.717) is 22.7 Å². The van der Waals surface area contributed by atoms with Crippen LogP contribution in [-0.4, -0.2) is 37.1 Å². The zero-order valence-corrected chi connectivity index (χ0v) is 17.1. The predicted molar refractivity (Wildman–Crippen MR) is 111 cm³/mol. The van der Waals surface area contributed by atoms with Gasteiger partial charge in [-0.2, -0.15) is 0 Å². The number of ether oxygens (including phenoxy) is 3. The lowest BCUT2D eigenvalue weighted by molar-refractivity contribution is -0.384. The molecular weight excluding hydrogens is 416 g/mol. The molecule has 0 heterocycles. The van der Waals surface area contributed by atoms with Crippen molar-refractivity contribution in [2.45, 2.75) is 13.0 Å². The van der Waals surface area contributed by atoms with Gasteiger partial charge in [-0.3, -0.25) is 14.9 Å². The summed E-state index contributed by atoms with van der Waals surface area (Å²) in [5, 5.41) is 13.5. The number of carbonyl (C=O) groups excluding carboxylic acids is 2. The van der Waals surface area contributed by atoms with Gasteiger partial charge in [-0.05, 0) is 36.8 Å². The van der Waals surface area contributed by atoms with E-state index in [4.69, 9.17) is 25.8 Å². The number of methoxy groups -OCH3 is 2. The average Bonchev–Trinajstić information content (AvgIpc) is 2.72. The number of hydrogen-bond donors (Lipinski definition) is 1. The van der Waals surface area contributed by atoms with Gasteiger partial charge in [-0.1, -0.05) is 17.7 Å². The lowest BCUT2D eigenvalue weighted by Gasteiger charge is -2.15. The molecule has 0 aliphatic heterocycles. The van der Waals surface area contributed by atoms with E-state index in [2.05, 4.69) is 5.32 Å². The predicted octanol–water partition coefficient (Wildman–Crippen LogP) is 3.85. The Bertz CT molecular complexity index is 991. The van der Waals surface area contributed by atoms with Gasteiger partial charge in [0.1, 0.15) is 16.5 Å². The number of benzene rings is 2. The van der Waals surface area contributed by atoms with Gasteiger partial charge in [-0.25, -0.2) is 4.79 Å². The molecule has 0 aromatic heterocycles. The van der Waals surface area contributed by atoms with Crippen molar-refractivity contribution in [2.24, 2.45) is 0 Å². The van der Waals surface area contributed by atoms with Crippen LogP contribution in [0.25, 0.3) is 6.08 Å². The van der Waals surface area contributed by atoms with E-state index >= 15 is 0 Å². The van der Waals surface area contributed by atoms with Crippen LogP contribution >= 0.6 is 11.6 Å². The zero-order valence-electron chi connectivity index (χ0n) is 16.4. The minimum atomic E-state index is -1.11. The SMILES string of the molecule is COc1ccc(OC)c(NC(=O)C(C)OC(=O)/C=C/c2ccc(Cl)c([N+](=O)[O-])c2)c1. The van der Waals surface area contributed by atoms with Gasteiger partial charge in [-0.15, -0.1) is 0 Å². The molecule has 0 saturated heterocycles. The van der Waals surface area contributed by atoms with Gasteiger partial charge in [0.15, 0.2) is 6.10 Å². The molecule has 2 aromatic carbocycles. The summed E-state index contributed by atoms with van der Waals surface area (Å²) in [6.45, 7) is 1.40. The molecule has 1 N–H and O–H groups in total. The van der Waals surface area contributed by atoms with Crippen LogP contribution in [0.15, 0.2) is 42.5 Å². The first kappa shape index (κ1) is 22.7. The number of esters is 1. The molecule has 0 aliphatic carbocycles. The number of rotatable bonds is 8. The second kappa shape index (κ2) is 10.3. The van der Waals surface area contributed by atoms with Crippen molar-refractivity contribution in [1.29, 1.82) is 0 Å². The maximum absolute atomic E-state index is 12.3. The number of nitrogens with one attached hydrogen (secondary N) is 1. The van der Waals surface area contributed by atoms with E-state index in [0.717, 1.165) is 6.08 Å². The monoisotopic (exact) mass is 434 g/mol. The summed E-state index contributed by atoms with van der Waals surface area (Å²) >= 11 is 5.75. The van der Waals surface area contributed by atoms with Crippen molar-refractivity contribution in [3.8, 4) is 11.5 Å². The van der Waals surface area contributed by atoms with Crippen LogP contribution in [-0.2, 0) is 14.3 Å². The number of nitro benzene ring substituents is 1. The van der Waals surface area contributed by atoms with E-state index in [-0.39, 0.29) is 10.7 Å². The summed E-state index contributed by atoms with van der Waals surface area (Å²) in [7, 11) is 2.94. The number of hydrogen-bond acceptors (Lipinski definition) is 7. The average molecular weight is 435 g/mol. The highest BCUT2D eigenvalue weighted by Crippen LogP contribution is 2.29. The Kier molecular flexibility index (Phi) is 7.76. The van der Waals surface area contributed by atoms with E-state index < -0.39 is 22.9 Å². The number of halogens is 1. The molecule has 0 saturated carbocycles. The largest absolute Gasteiger partial charge is 0.497 e. The fraction of sp³-hybridized carbons (Fsp3) is 0.200. The molecule has 30 heavy (non-hydrogen) atoms. The van der Waals surface area contributed by atoms with Crippen molar-refractivity contribution < 1.29 is 28.7 Å². The highest BCUT2D eigenvalue weighted by Gasteiger charge is 2.19. The Labute approximate surface area is 177 Å². The number of amides is 1. The summed E-state index contributed by atoms with van der Waals surface area (Å²) in [5.74, 6) is -0.457. The molecule has 1 unspecified atom stereocenters. The third kappa shape index (κ3) is 5.95. The van der Waals surface area contributed by atoms with Crippen LogP contribution in [0, 0.1) is 10.1 Å². The molecule has 158 valence electrons. The van der Waals surface area contributed by atoms with Crippen LogP contribution in [0.5, 0.6) is 11.5 Å². The van der Waals surface area contributed by atoms with E-state index in [1.165, 1.54) is 45.4 Å². The Morgan fingerprint density at radius 3 is 2.53 bits per heavy atom. The molecule has 0 spiro atoms. The van der Waals surface area contributed by atoms with Crippen molar-refractivity contribution in [1.82, 2.24) is 0 Å². The minimum Gasteiger partial charge on any atom is -0.497 e. The Morgan fingerprint density at radius 2 is 1.90 bits per heavy atom. The highest BCUT2D eigenvalue weighted by molar-refractivity contribution is 6.32. The number of anilines is 1. The summed E-state index contributed by atoms with van der Waals surface area (Å²) in [4.78, 5) is 34.6. The van der Waals surface area contributed by atoms with E-state index in [1.807, 2.05) is 0 Å². The minimum absolute atomic E-state index is 0.0157. The fourth-order valence-corrected chi connectivity index (χ4v) is 2.54. The second-order valence-corrected chi connectivity index (χ2v) is 6.34. The lowest BCUT2D eigenvalue weighted by atomic mass is 10.2. The van der Waals surface area contributed by atoms with Crippen LogP contribution < -0.4 is 14.8 Å². The van der Waals surface area contributed by atoms with Crippen LogP contribution in [0.4, 0.5) is 11.4 Å². The molecule has 0 aliphatic rings. The molecule has 1 amide bonds. The van der Waals surface area contributed by atoms with Crippen LogP contribution in [0.2, 0.25) is 5.02 Å². The molecule has 0 bridgehead atoms. The third-order valence-electron chi connectivity index (χ3n) is 3.91. The van der Waals surface area contributed by atoms with Crippen molar-refractivity contribution >= 4 is 40.9 Å². The van der Waals surface area contributed by atoms with Crippen LogP contribution in [0.3, 0.4) is 0 Å². The standard InChI is InChI=1S/C20H19ClN2O7/c1-12(20(25)22-16-11-14(28-2)6-8-18(16)29-3)30-19(24)9-5-13-4-7-15(21)17(10-13)23(26)27/h4-12H,1-3H3,(H,22,25)/b9-5+. The molecule has 0 fully saturated rings. The van der Waals surface area contributed by atoms with E-state index in [9.17, 15) is 19.7 Å². The first-order chi connectivity index (χ1) is 14.2. The zero-order chi connectivity index (χ0) is 22.3. The van der Waals surface area contributed by atoms with Crippen LogP contribution in [0.1, 0.15) is 12.5 Å². The molecule has 10 heteroatoms. The fourth-order valence-electron chi connectivity index (χ4n) is 2.35. The first-order valence-electron chi connectivity index (χ1n) is 8.60. The topological polar surface area (TPSA) is 117 Å². The van der Waals surface area contributed by atoms with Gasteiger partial charge in [0.25, 0.3) is 11.6 Å². The molecular formula is C20H19ClN2O7. The van der Waals surface area contributed by atoms with Gasteiger partial charge in [0.05, 0.1) is 24.8 Å². The molecule has 9 nitrogen and oxygen atoms in total. The molecule has 2 rings (SSSR count). The van der Waals surface area contributed by atoms with Crippen molar-refractivity contribution in [3.63, 3.8) is 0 Å². The van der Waals surface area contributed by atoms with Crippen molar-refractivity contribution in [3.05, 3.63) is 63.2 Å². The summed E-state index contributed by atoms with van der Waals surface area (Å²) in [6.07, 6.45) is 1.27. The van der Waals surface area contributed by atoms with Gasteiger partial charge < -0.3 is 19.5 Å². The quantitative estimate of drug-likeness (QED) is 0.290. The molecule has 1 atom stereocenters. The second-order valence-electron chi connectivity index (χ2n) is 5.94. The highest BCUT2D eigenvalue weighted by atomic mass is 35.5. The number of nitrogens with zero attached hydrogens (tertiary/aromatic N) is 1. The number of nitro groups is 1. The maximum Gasteiger partial charge on any atom is 0.331 e. The van der Waals surface area contributed by atoms with E-state index in [1.54, 1.807) is 18.2 Å². The Hall–Kier alpha value is -3.59. The lowest BCUT2D eigenvalue weighted by Crippen LogP contribution is -2.29. The summed E-state index contributed by atoms with van der Waals surface area (Å²) in [5.41, 5.74) is 0.446. The Morgan fingerprint density at radius 1 is 1.17 bits per heavy atom. The summed E-state index contributed by atoms with van der Waals surface area (Å²) in [6, 6.07) is 8.94. The van der Waals surface area contributed by atoms with Gasteiger partial charge >= 0.3 is 5.97 Å². The molecule has 2 aromatic rings. The normalized spacial score (nSPS) is 11.6. The third-order valence-corrected chi connectivity index (χ3v) is 4.23. The van der Waals surface area contributed by atoms with Crippen molar-refractivity contribution in [2.75, 3.05) is 19.5 Å². The summed E-state index contributed by atoms with van der Waals surface area (Å²) < 4.78 is 15.4. The smallest absolute Gasteiger partial charge is 0.331 e. The first-order valence-corrected chi connectivity index (χ1v) is 8.98. The van der Waals surface area contributed by atoms with Gasteiger partial charge in [0.2, 0.25) is 0 Å². The number of carbonyl (C=O) groups is 2. The Balaban J connectivity index is 2.02. The maximum atomic E-state index is 12.3.